The van der Waals surface area contributed by atoms with Crippen LogP contribution in [0.15, 0.2) is 54.7 Å². The molecule has 5 nitrogen and oxygen atoms in total. The summed E-state index contributed by atoms with van der Waals surface area (Å²) in [5.41, 5.74) is 3.27. The molecule has 128 valence electrons. The second kappa shape index (κ2) is 7.21. The van der Waals surface area contributed by atoms with Crippen LogP contribution in [0.2, 0.25) is 0 Å². The van der Waals surface area contributed by atoms with E-state index in [2.05, 4.69) is 12.2 Å². The van der Waals surface area contributed by atoms with Crippen molar-refractivity contribution in [3.05, 3.63) is 65.9 Å². The predicted molar refractivity (Wildman–Crippen MR) is 97.7 cm³/mol. The fraction of sp³-hybridized carbons (Fsp3) is 0.200. The van der Waals surface area contributed by atoms with Crippen molar-refractivity contribution in [2.75, 3.05) is 11.9 Å². The minimum absolute atomic E-state index is 0.322. The minimum Gasteiger partial charge on any atom is -0.452 e. The van der Waals surface area contributed by atoms with Crippen molar-refractivity contribution in [3.63, 3.8) is 0 Å². The summed E-state index contributed by atoms with van der Waals surface area (Å²) in [6.45, 7) is 1.75. The number of nitrogens with zero attached hydrogens (tertiary/aromatic N) is 1. The first-order chi connectivity index (χ1) is 12.1. The maximum absolute atomic E-state index is 12.3. The third-order valence-electron chi connectivity index (χ3n) is 4.10. The Labute approximate surface area is 146 Å². The van der Waals surface area contributed by atoms with Crippen LogP contribution in [0.1, 0.15) is 22.8 Å². The molecule has 5 heteroatoms. The van der Waals surface area contributed by atoms with E-state index in [1.807, 2.05) is 60.1 Å². The smallest absolute Gasteiger partial charge is 0.340 e. The molecule has 1 heterocycles. The van der Waals surface area contributed by atoms with Gasteiger partial charge < -0.3 is 14.6 Å². The number of carbonyl (C=O) groups excluding carboxylic acids is 2. The molecule has 0 aliphatic carbocycles. The molecule has 0 radical (unpaired) electrons. The lowest BCUT2D eigenvalue weighted by Gasteiger charge is -2.07. The number of anilines is 1. The Balaban J connectivity index is 1.62. The zero-order valence-corrected chi connectivity index (χ0v) is 14.3. The van der Waals surface area contributed by atoms with Crippen LogP contribution in [0.4, 0.5) is 5.69 Å². The maximum atomic E-state index is 12.3. The monoisotopic (exact) mass is 336 g/mol. The molecule has 3 aromatic rings. The summed E-state index contributed by atoms with van der Waals surface area (Å²) in [5.74, 6) is -0.869. The van der Waals surface area contributed by atoms with Crippen molar-refractivity contribution in [1.82, 2.24) is 4.57 Å². The summed E-state index contributed by atoms with van der Waals surface area (Å²) < 4.78 is 7.03. The van der Waals surface area contributed by atoms with Gasteiger partial charge in [0.15, 0.2) is 6.61 Å². The predicted octanol–water partition coefficient (Wildman–Crippen LogP) is 3.54. The zero-order valence-electron chi connectivity index (χ0n) is 14.3. The molecule has 0 bridgehead atoms. The van der Waals surface area contributed by atoms with Crippen LogP contribution < -0.4 is 5.32 Å². The molecule has 1 aromatic heterocycles. The van der Waals surface area contributed by atoms with Gasteiger partial charge in [0.2, 0.25) is 0 Å². The zero-order chi connectivity index (χ0) is 17.8. The SMILES string of the molecule is CCc1ccc(NC(=O)COC(=O)c2cn(C)c3ccccc23)cc1. The topological polar surface area (TPSA) is 60.3 Å². The average molecular weight is 336 g/mol. The third kappa shape index (κ3) is 3.71. The van der Waals surface area contributed by atoms with Crippen LogP contribution >= 0.6 is 0 Å². The molecule has 1 N–H and O–H groups in total. The number of fused-ring (bicyclic) bond motifs is 1. The van der Waals surface area contributed by atoms with E-state index in [9.17, 15) is 9.59 Å². The molecule has 1 amide bonds. The highest BCUT2D eigenvalue weighted by atomic mass is 16.5. The number of rotatable bonds is 5. The first kappa shape index (κ1) is 16.8. The highest BCUT2D eigenvalue weighted by Gasteiger charge is 2.16. The molecule has 3 rings (SSSR count). The van der Waals surface area contributed by atoms with Crippen LogP contribution in [-0.4, -0.2) is 23.1 Å². The first-order valence-electron chi connectivity index (χ1n) is 8.18. The number of hydrogen-bond acceptors (Lipinski definition) is 3. The first-order valence-corrected chi connectivity index (χ1v) is 8.18. The molecule has 0 aliphatic rings. The maximum Gasteiger partial charge on any atom is 0.340 e. The Kier molecular flexibility index (Phi) is 4.84. The number of benzene rings is 2. The van der Waals surface area contributed by atoms with Crippen LogP contribution in [0.25, 0.3) is 10.9 Å². The van der Waals surface area contributed by atoms with Crippen LogP contribution in [-0.2, 0) is 23.0 Å². The fourth-order valence-electron chi connectivity index (χ4n) is 2.73. The number of nitrogens with one attached hydrogen (secondary N) is 1. The Morgan fingerprint density at radius 3 is 2.52 bits per heavy atom. The molecule has 2 aromatic carbocycles. The Bertz CT molecular complexity index is 910. The average Bonchev–Trinajstić information content (AvgIpc) is 2.98. The van der Waals surface area contributed by atoms with Gasteiger partial charge >= 0.3 is 5.97 Å². The van der Waals surface area contributed by atoms with E-state index in [1.54, 1.807) is 6.20 Å². The summed E-state index contributed by atoms with van der Waals surface area (Å²) in [5, 5.41) is 3.53. The van der Waals surface area contributed by atoms with Gasteiger partial charge in [0, 0.05) is 29.8 Å². The van der Waals surface area contributed by atoms with Crippen molar-refractivity contribution < 1.29 is 14.3 Å². The molecule has 0 unspecified atom stereocenters. The fourth-order valence-corrected chi connectivity index (χ4v) is 2.73. The van der Waals surface area contributed by atoms with E-state index in [4.69, 9.17) is 4.74 Å². The van der Waals surface area contributed by atoms with E-state index in [1.165, 1.54) is 5.56 Å². The van der Waals surface area contributed by atoms with Crippen molar-refractivity contribution >= 4 is 28.5 Å². The van der Waals surface area contributed by atoms with Gasteiger partial charge in [0.05, 0.1) is 5.56 Å². The number of aromatic nitrogens is 1. The van der Waals surface area contributed by atoms with E-state index < -0.39 is 5.97 Å². The third-order valence-corrected chi connectivity index (χ3v) is 4.10. The summed E-state index contributed by atoms with van der Waals surface area (Å²) >= 11 is 0. The standard InChI is InChI=1S/C20H20N2O3/c1-3-14-8-10-15(11-9-14)21-19(23)13-25-20(24)17-12-22(2)18-7-5-4-6-16(17)18/h4-12H,3,13H2,1-2H3,(H,21,23). The second-order valence-corrected chi connectivity index (χ2v) is 5.85. The van der Waals surface area contributed by atoms with Gasteiger partial charge in [-0.25, -0.2) is 4.79 Å². The molecule has 0 atom stereocenters. The van der Waals surface area contributed by atoms with E-state index in [-0.39, 0.29) is 12.5 Å². The van der Waals surface area contributed by atoms with Crippen molar-refractivity contribution in [1.29, 1.82) is 0 Å². The largest absolute Gasteiger partial charge is 0.452 e. The van der Waals surface area contributed by atoms with Gasteiger partial charge in [-0.2, -0.15) is 0 Å². The molecule has 0 saturated heterocycles. The summed E-state index contributed by atoms with van der Waals surface area (Å²) in [7, 11) is 1.87. The molecule has 0 saturated carbocycles. The quantitative estimate of drug-likeness (QED) is 0.725. The number of esters is 1. The molecule has 0 aliphatic heterocycles. The van der Waals surface area contributed by atoms with E-state index >= 15 is 0 Å². The van der Waals surface area contributed by atoms with Gasteiger partial charge in [-0.1, -0.05) is 37.3 Å². The van der Waals surface area contributed by atoms with Crippen molar-refractivity contribution in [3.8, 4) is 0 Å². The molecular formula is C20H20N2O3. The summed E-state index contributed by atoms with van der Waals surface area (Å²) in [4.78, 5) is 24.3. The molecular weight excluding hydrogens is 316 g/mol. The number of hydrogen-bond donors (Lipinski definition) is 1. The van der Waals surface area contributed by atoms with Gasteiger partial charge in [-0.05, 0) is 30.2 Å². The van der Waals surface area contributed by atoms with Crippen LogP contribution in [0.3, 0.4) is 0 Å². The second-order valence-electron chi connectivity index (χ2n) is 5.85. The Morgan fingerprint density at radius 2 is 1.80 bits per heavy atom. The highest BCUT2D eigenvalue weighted by Crippen LogP contribution is 2.21. The van der Waals surface area contributed by atoms with Gasteiger partial charge in [-0.15, -0.1) is 0 Å². The van der Waals surface area contributed by atoms with Crippen LogP contribution in [0.5, 0.6) is 0 Å². The number of amides is 1. The highest BCUT2D eigenvalue weighted by molar-refractivity contribution is 6.05. The summed E-state index contributed by atoms with van der Waals surface area (Å²) in [6, 6.07) is 15.2. The van der Waals surface area contributed by atoms with Gasteiger partial charge in [-0.3, -0.25) is 4.79 Å². The minimum atomic E-state index is -0.506. The summed E-state index contributed by atoms with van der Waals surface area (Å²) in [6.07, 6.45) is 2.66. The molecule has 25 heavy (non-hydrogen) atoms. The van der Waals surface area contributed by atoms with E-state index in [0.717, 1.165) is 17.3 Å². The molecule has 0 spiro atoms. The number of carbonyl (C=O) groups is 2. The van der Waals surface area contributed by atoms with Gasteiger partial charge in [0.25, 0.3) is 5.91 Å². The lowest BCUT2D eigenvalue weighted by Crippen LogP contribution is -2.20. The Morgan fingerprint density at radius 1 is 1.08 bits per heavy atom. The van der Waals surface area contributed by atoms with Crippen LogP contribution in [0, 0.1) is 0 Å². The number of aryl methyl sites for hydroxylation is 2. The molecule has 0 fully saturated rings. The van der Waals surface area contributed by atoms with Crippen molar-refractivity contribution in [2.24, 2.45) is 7.05 Å². The Hall–Kier alpha value is -3.08. The van der Waals surface area contributed by atoms with Gasteiger partial charge in [0.1, 0.15) is 0 Å². The normalized spacial score (nSPS) is 10.6. The lowest BCUT2D eigenvalue weighted by molar-refractivity contribution is -0.119. The van der Waals surface area contributed by atoms with Crippen molar-refractivity contribution in [2.45, 2.75) is 13.3 Å². The number of ether oxygens (including phenoxy) is 1. The van der Waals surface area contributed by atoms with E-state index in [0.29, 0.717) is 11.3 Å². The lowest BCUT2D eigenvalue weighted by atomic mass is 10.1. The number of para-hydroxylation sites is 1.